The number of ether oxygens (including phenoxy) is 2. The average molecular weight is 443 g/mol. The van der Waals surface area contributed by atoms with Gasteiger partial charge in [-0.2, -0.15) is 0 Å². The van der Waals surface area contributed by atoms with Crippen molar-refractivity contribution in [3.63, 3.8) is 0 Å². The third kappa shape index (κ3) is 3.93. The predicted octanol–water partition coefficient (Wildman–Crippen LogP) is 4.81. The van der Waals surface area contributed by atoms with Crippen molar-refractivity contribution in [3.8, 4) is 11.5 Å². The molecule has 5 rings (SSSR count). The van der Waals surface area contributed by atoms with E-state index in [1.807, 2.05) is 48.5 Å². The third-order valence-electron chi connectivity index (χ3n) is 6.66. The second kappa shape index (κ2) is 8.28. The molecule has 1 amide bonds. The summed E-state index contributed by atoms with van der Waals surface area (Å²) in [4.78, 5) is 24.7. The van der Waals surface area contributed by atoms with Gasteiger partial charge in [-0.15, -0.1) is 0 Å². The van der Waals surface area contributed by atoms with Crippen LogP contribution in [0.15, 0.2) is 72.8 Å². The maximum atomic E-state index is 13.4. The molecule has 1 fully saturated rings. The Hall–Kier alpha value is -3.80. The molecule has 0 spiro atoms. The first-order chi connectivity index (χ1) is 16.0. The number of amides is 1. The van der Waals surface area contributed by atoms with Crippen LogP contribution in [0.25, 0.3) is 0 Å². The summed E-state index contributed by atoms with van der Waals surface area (Å²) >= 11 is 0. The lowest BCUT2D eigenvalue weighted by Crippen LogP contribution is -2.39. The van der Waals surface area contributed by atoms with Crippen LogP contribution >= 0.6 is 0 Å². The number of hydrogen-bond donors (Lipinski definition) is 2. The van der Waals surface area contributed by atoms with E-state index in [9.17, 15) is 14.7 Å². The molecule has 6 heteroatoms. The molecule has 0 aromatic heterocycles. The number of fused-ring (bicyclic) bond motifs is 1. The molecule has 1 aliphatic carbocycles. The van der Waals surface area contributed by atoms with Crippen LogP contribution in [0, 0.1) is 0 Å². The number of carbonyl (C=O) groups excluding carboxylic acids is 1. The van der Waals surface area contributed by atoms with E-state index in [-0.39, 0.29) is 23.6 Å². The summed E-state index contributed by atoms with van der Waals surface area (Å²) in [6, 6.07) is 22.0. The van der Waals surface area contributed by atoms with E-state index in [4.69, 9.17) is 9.47 Å². The zero-order chi connectivity index (χ0) is 23.0. The standard InChI is InChI=1S/C27H25NO5/c1-32-20-11-12-21-22(28-26(31)27(13-14-27)19-5-3-2-4-6-19)16-23(33-24(21)15-20)17-7-9-18(10-8-17)25(29)30/h2-12,15,22-23H,13-14,16H2,1H3,(H,28,31)(H,29,30)/t22-,23-/m1/s1. The first-order valence-electron chi connectivity index (χ1n) is 11.0. The van der Waals surface area contributed by atoms with Gasteiger partial charge in [0.15, 0.2) is 0 Å². The van der Waals surface area contributed by atoms with Crippen LogP contribution in [0.2, 0.25) is 0 Å². The number of hydrogen-bond acceptors (Lipinski definition) is 4. The van der Waals surface area contributed by atoms with Gasteiger partial charge in [0.25, 0.3) is 0 Å². The van der Waals surface area contributed by atoms with Gasteiger partial charge in [0.2, 0.25) is 5.91 Å². The van der Waals surface area contributed by atoms with E-state index in [1.165, 1.54) is 0 Å². The van der Waals surface area contributed by atoms with Crippen molar-refractivity contribution in [2.75, 3.05) is 7.11 Å². The summed E-state index contributed by atoms with van der Waals surface area (Å²) in [5, 5.41) is 12.5. The highest BCUT2D eigenvalue weighted by atomic mass is 16.5. The third-order valence-corrected chi connectivity index (χ3v) is 6.66. The van der Waals surface area contributed by atoms with E-state index in [1.54, 1.807) is 31.4 Å². The van der Waals surface area contributed by atoms with Crippen molar-refractivity contribution < 1.29 is 24.2 Å². The highest BCUT2D eigenvalue weighted by Gasteiger charge is 2.52. The van der Waals surface area contributed by atoms with E-state index >= 15 is 0 Å². The maximum Gasteiger partial charge on any atom is 0.335 e. The first-order valence-corrected chi connectivity index (χ1v) is 11.0. The van der Waals surface area contributed by atoms with Crippen molar-refractivity contribution in [1.29, 1.82) is 0 Å². The van der Waals surface area contributed by atoms with E-state index < -0.39 is 11.4 Å². The summed E-state index contributed by atoms with van der Waals surface area (Å²) < 4.78 is 11.6. The summed E-state index contributed by atoms with van der Waals surface area (Å²) in [5.74, 6) is 0.385. The molecule has 3 aromatic carbocycles. The molecule has 1 aliphatic heterocycles. The summed E-state index contributed by atoms with van der Waals surface area (Å²) in [6.45, 7) is 0. The molecule has 3 aromatic rings. The molecule has 2 N–H and O–H groups in total. The zero-order valence-electron chi connectivity index (χ0n) is 18.3. The van der Waals surface area contributed by atoms with Crippen molar-refractivity contribution in [3.05, 3.63) is 95.1 Å². The minimum Gasteiger partial charge on any atom is -0.497 e. The SMILES string of the molecule is COc1ccc2c(c1)O[C@@H](c1ccc(C(=O)O)cc1)C[C@H]2NC(=O)C1(c2ccccc2)CC1. The minimum atomic E-state index is -0.970. The first kappa shape index (κ1) is 21.1. The number of carboxylic acids is 1. The van der Waals surface area contributed by atoms with Gasteiger partial charge < -0.3 is 19.9 Å². The molecule has 0 radical (unpaired) electrons. The maximum absolute atomic E-state index is 13.4. The Balaban J connectivity index is 1.44. The van der Waals surface area contributed by atoms with Crippen LogP contribution in [0.5, 0.6) is 11.5 Å². The van der Waals surface area contributed by atoms with Gasteiger partial charge >= 0.3 is 5.97 Å². The molecule has 0 saturated heterocycles. The number of methoxy groups -OCH3 is 1. The van der Waals surface area contributed by atoms with Crippen molar-refractivity contribution >= 4 is 11.9 Å². The number of carboxylic acid groups (broad SMARTS) is 1. The Bertz CT molecular complexity index is 1180. The van der Waals surface area contributed by atoms with Crippen molar-refractivity contribution in [2.45, 2.75) is 36.8 Å². The number of benzene rings is 3. The number of rotatable bonds is 6. The molecular formula is C27H25NO5. The number of nitrogens with one attached hydrogen (secondary N) is 1. The van der Waals surface area contributed by atoms with Gasteiger partial charge in [-0.1, -0.05) is 42.5 Å². The Morgan fingerprint density at radius 2 is 1.76 bits per heavy atom. The molecule has 2 aliphatic rings. The molecule has 2 atom stereocenters. The summed E-state index contributed by atoms with van der Waals surface area (Å²) in [5.41, 5.74) is 2.57. The normalized spacial score (nSPS) is 20.2. The monoisotopic (exact) mass is 443 g/mol. The summed E-state index contributed by atoms with van der Waals surface area (Å²) in [7, 11) is 1.60. The Morgan fingerprint density at radius 3 is 2.39 bits per heavy atom. The quantitative estimate of drug-likeness (QED) is 0.571. The highest BCUT2D eigenvalue weighted by Crippen LogP contribution is 2.50. The average Bonchev–Trinajstić information content (AvgIpc) is 3.66. The lowest BCUT2D eigenvalue weighted by molar-refractivity contribution is -0.124. The second-order valence-corrected chi connectivity index (χ2v) is 8.65. The summed E-state index contributed by atoms with van der Waals surface area (Å²) in [6.07, 6.45) is 1.88. The molecule has 0 unspecified atom stereocenters. The van der Waals surface area contributed by atoms with E-state index in [0.29, 0.717) is 17.9 Å². The second-order valence-electron chi connectivity index (χ2n) is 8.65. The van der Waals surface area contributed by atoms with Crippen LogP contribution < -0.4 is 14.8 Å². The largest absolute Gasteiger partial charge is 0.497 e. The molecule has 0 bridgehead atoms. The van der Waals surface area contributed by atoms with Gasteiger partial charge in [0, 0.05) is 18.1 Å². The van der Waals surface area contributed by atoms with Crippen LogP contribution in [0.4, 0.5) is 0 Å². The molecule has 33 heavy (non-hydrogen) atoms. The lowest BCUT2D eigenvalue weighted by atomic mass is 9.90. The number of aromatic carboxylic acids is 1. The van der Waals surface area contributed by atoms with Crippen molar-refractivity contribution in [1.82, 2.24) is 5.32 Å². The molecule has 1 heterocycles. The molecule has 1 saturated carbocycles. The van der Waals surface area contributed by atoms with Gasteiger partial charge in [-0.25, -0.2) is 4.79 Å². The fourth-order valence-corrected chi connectivity index (χ4v) is 4.58. The lowest BCUT2D eigenvalue weighted by Gasteiger charge is -2.34. The fraction of sp³-hybridized carbons (Fsp3) is 0.259. The highest BCUT2D eigenvalue weighted by molar-refractivity contribution is 5.91. The molecular weight excluding hydrogens is 418 g/mol. The van der Waals surface area contributed by atoms with Crippen LogP contribution in [-0.2, 0) is 10.2 Å². The van der Waals surface area contributed by atoms with Crippen LogP contribution in [0.3, 0.4) is 0 Å². The van der Waals surface area contributed by atoms with Gasteiger partial charge in [0.1, 0.15) is 17.6 Å². The molecule has 6 nitrogen and oxygen atoms in total. The Labute approximate surface area is 192 Å². The Morgan fingerprint density at radius 1 is 1.03 bits per heavy atom. The van der Waals surface area contributed by atoms with Crippen LogP contribution in [0.1, 0.15) is 58.5 Å². The van der Waals surface area contributed by atoms with Gasteiger partial charge in [0.05, 0.1) is 24.1 Å². The van der Waals surface area contributed by atoms with Gasteiger partial charge in [-0.3, -0.25) is 4.79 Å². The van der Waals surface area contributed by atoms with E-state index in [0.717, 1.165) is 29.5 Å². The van der Waals surface area contributed by atoms with Crippen LogP contribution in [-0.4, -0.2) is 24.1 Å². The smallest absolute Gasteiger partial charge is 0.335 e. The van der Waals surface area contributed by atoms with Crippen molar-refractivity contribution in [2.24, 2.45) is 0 Å². The van der Waals surface area contributed by atoms with E-state index in [2.05, 4.69) is 5.32 Å². The molecule has 168 valence electrons. The number of carbonyl (C=O) groups is 2. The predicted molar refractivity (Wildman–Crippen MR) is 123 cm³/mol. The van der Waals surface area contributed by atoms with Gasteiger partial charge in [-0.05, 0) is 48.2 Å². The topological polar surface area (TPSA) is 84.9 Å². The minimum absolute atomic E-state index is 0.0299. The zero-order valence-corrected chi connectivity index (χ0v) is 18.3. The Kier molecular flexibility index (Phi) is 5.29. The fourth-order valence-electron chi connectivity index (χ4n) is 4.58.